The molecule has 0 unspecified atom stereocenters. The molecule has 0 saturated heterocycles. The van der Waals surface area contributed by atoms with Gasteiger partial charge in [-0.25, -0.2) is 0 Å². The Morgan fingerprint density at radius 2 is 1.58 bits per heavy atom. The van der Waals surface area contributed by atoms with Crippen LogP contribution in [0.15, 0.2) is 69.9 Å². The second kappa shape index (κ2) is 7.66. The number of nitrogens with one attached hydrogen (secondary N) is 2. The van der Waals surface area contributed by atoms with Gasteiger partial charge in [0.2, 0.25) is 0 Å². The van der Waals surface area contributed by atoms with Crippen LogP contribution < -0.4 is 10.2 Å². The molecular formula is C19H21N2O3+. The summed E-state index contributed by atoms with van der Waals surface area (Å²) in [6.45, 7) is 3.55. The predicted octanol–water partition coefficient (Wildman–Crippen LogP) is 2.40. The van der Waals surface area contributed by atoms with Gasteiger partial charge in [0.05, 0.1) is 12.5 Å². The van der Waals surface area contributed by atoms with Gasteiger partial charge in [-0.3, -0.25) is 4.79 Å². The van der Waals surface area contributed by atoms with E-state index in [1.54, 1.807) is 12.5 Å². The average Bonchev–Trinajstić information content (AvgIpc) is 3.23. The molecule has 3 rings (SSSR count). The molecule has 5 heteroatoms. The van der Waals surface area contributed by atoms with Gasteiger partial charge in [0, 0.05) is 5.69 Å². The van der Waals surface area contributed by atoms with Gasteiger partial charge in [-0.2, -0.15) is 0 Å². The Labute approximate surface area is 140 Å². The second-order valence-corrected chi connectivity index (χ2v) is 5.80. The Hall–Kier alpha value is -2.79. The third-order valence-electron chi connectivity index (χ3n) is 3.84. The Balaban J connectivity index is 1.66. The fourth-order valence-electron chi connectivity index (χ4n) is 2.64. The van der Waals surface area contributed by atoms with Gasteiger partial charge < -0.3 is 19.1 Å². The summed E-state index contributed by atoms with van der Waals surface area (Å²) >= 11 is 0. The first-order chi connectivity index (χ1) is 11.7. The lowest BCUT2D eigenvalue weighted by atomic mass is 10.2. The topological polar surface area (TPSA) is 59.8 Å². The molecule has 0 aliphatic rings. The molecule has 0 spiro atoms. The maximum absolute atomic E-state index is 12.4. The van der Waals surface area contributed by atoms with E-state index < -0.39 is 0 Å². The van der Waals surface area contributed by atoms with Gasteiger partial charge in [0.15, 0.2) is 18.1 Å². The number of benzene rings is 1. The number of amides is 1. The van der Waals surface area contributed by atoms with Crippen LogP contribution in [0, 0.1) is 6.92 Å². The zero-order chi connectivity index (χ0) is 16.8. The highest BCUT2D eigenvalue weighted by Gasteiger charge is 2.18. The highest BCUT2D eigenvalue weighted by molar-refractivity contribution is 5.92. The quantitative estimate of drug-likeness (QED) is 0.701. The van der Waals surface area contributed by atoms with Crippen molar-refractivity contribution in [3.63, 3.8) is 0 Å². The molecule has 0 fully saturated rings. The Morgan fingerprint density at radius 1 is 0.958 bits per heavy atom. The van der Waals surface area contributed by atoms with Crippen molar-refractivity contribution in [2.24, 2.45) is 0 Å². The normalized spacial score (nSPS) is 10.9. The van der Waals surface area contributed by atoms with E-state index in [-0.39, 0.29) is 5.91 Å². The monoisotopic (exact) mass is 325 g/mol. The molecule has 2 N–H and O–H groups in total. The van der Waals surface area contributed by atoms with Gasteiger partial charge in [-0.05, 0) is 42.8 Å². The second-order valence-electron chi connectivity index (χ2n) is 5.80. The van der Waals surface area contributed by atoms with Crippen LogP contribution in [0.5, 0.6) is 0 Å². The Bertz CT molecular complexity index is 728. The van der Waals surface area contributed by atoms with Gasteiger partial charge in [-0.1, -0.05) is 18.2 Å². The molecule has 0 saturated carbocycles. The van der Waals surface area contributed by atoms with Crippen molar-refractivity contribution >= 4 is 11.6 Å². The minimum absolute atomic E-state index is 0.0302. The third-order valence-corrected chi connectivity index (χ3v) is 3.84. The van der Waals surface area contributed by atoms with Crippen molar-refractivity contribution in [1.82, 2.24) is 0 Å². The van der Waals surface area contributed by atoms with E-state index in [1.807, 2.05) is 55.5 Å². The minimum Gasteiger partial charge on any atom is -0.463 e. The van der Waals surface area contributed by atoms with E-state index in [2.05, 4.69) is 5.32 Å². The van der Waals surface area contributed by atoms with Gasteiger partial charge >= 0.3 is 0 Å². The number of para-hydroxylation sites is 1. The van der Waals surface area contributed by atoms with Crippen LogP contribution in [-0.4, -0.2) is 12.5 Å². The first kappa shape index (κ1) is 16.1. The first-order valence-corrected chi connectivity index (χ1v) is 7.94. The number of anilines is 1. The molecule has 24 heavy (non-hydrogen) atoms. The largest absolute Gasteiger partial charge is 0.463 e. The summed E-state index contributed by atoms with van der Waals surface area (Å²) in [7, 11) is 0. The summed E-state index contributed by atoms with van der Waals surface area (Å²) in [5, 5.41) is 2.98. The van der Waals surface area contributed by atoms with Crippen molar-refractivity contribution in [3.05, 3.63) is 78.1 Å². The summed E-state index contributed by atoms with van der Waals surface area (Å²) in [5.41, 5.74) is 1.89. The number of hydrogen-bond donors (Lipinski definition) is 2. The molecule has 2 heterocycles. The molecular weight excluding hydrogens is 304 g/mol. The Kier molecular flexibility index (Phi) is 5.13. The lowest BCUT2D eigenvalue weighted by molar-refractivity contribution is -0.921. The summed E-state index contributed by atoms with van der Waals surface area (Å²) in [6, 6.07) is 15.3. The van der Waals surface area contributed by atoms with Crippen molar-refractivity contribution in [2.75, 3.05) is 11.9 Å². The maximum atomic E-state index is 12.4. The molecule has 0 atom stereocenters. The van der Waals surface area contributed by atoms with Gasteiger partial charge in [-0.15, -0.1) is 0 Å². The van der Waals surface area contributed by atoms with Crippen LogP contribution in [-0.2, 0) is 17.9 Å². The maximum Gasteiger partial charge on any atom is 0.279 e. The summed E-state index contributed by atoms with van der Waals surface area (Å²) in [5.74, 6) is 1.66. The van der Waals surface area contributed by atoms with Crippen LogP contribution in [0.4, 0.5) is 5.69 Å². The van der Waals surface area contributed by atoms with E-state index in [4.69, 9.17) is 8.83 Å². The SMILES string of the molecule is Cc1ccccc1NC(=O)C[NH+](Cc1ccco1)Cc1ccco1. The van der Waals surface area contributed by atoms with E-state index in [0.717, 1.165) is 27.7 Å². The van der Waals surface area contributed by atoms with Crippen LogP contribution in [0.2, 0.25) is 0 Å². The number of carbonyl (C=O) groups excluding carboxylic acids is 1. The van der Waals surface area contributed by atoms with Crippen LogP contribution in [0.25, 0.3) is 0 Å². The molecule has 0 radical (unpaired) electrons. The van der Waals surface area contributed by atoms with Gasteiger partial charge in [0.25, 0.3) is 5.91 Å². The van der Waals surface area contributed by atoms with Crippen LogP contribution in [0.3, 0.4) is 0 Å². The van der Waals surface area contributed by atoms with Crippen molar-refractivity contribution in [2.45, 2.75) is 20.0 Å². The summed E-state index contributed by atoms with van der Waals surface area (Å²) < 4.78 is 10.8. The average molecular weight is 325 g/mol. The molecule has 3 aromatic rings. The highest BCUT2D eigenvalue weighted by atomic mass is 16.3. The number of rotatable bonds is 7. The zero-order valence-corrected chi connectivity index (χ0v) is 13.6. The number of furan rings is 2. The smallest absolute Gasteiger partial charge is 0.279 e. The van der Waals surface area contributed by atoms with E-state index >= 15 is 0 Å². The molecule has 2 aromatic heterocycles. The predicted molar refractivity (Wildman–Crippen MR) is 90.5 cm³/mol. The molecule has 5 nitrogen and oxygen atoms in total. The van der Waals surface area contributed by atoms with Crippen molar-refractivity contribution in [3.8, 4) is 0 Å². The Morgan fingerprint density at radius 3 is 2.12 bits per heavy atom. The molecule has 0 aliphatic carbocycles. The van der Waals surface area contributed by atoms with Crippen LogP contribution in [0.1, 0.15) is 17.1 Å². The molecule has 0 aliphatic heterocycles. The summed E-state index contributed by atoms with van der Waals surface area (Å²) in [6.07, 6.45) is 3.29. The molecule has 0 bridgehead atoms. The molecule has 1 aromatic carbocycles. The fraction of sp³-hybridized carbons (Fsp3) is 0.211. The summed E-state index contributed by atoms with van der Waals surface area (Å²) in [4.78, 5) is 13.5. The lowest BCUT2D eigenvalue weighted by Gasteiger charge is -2.17. The van der Waals surface area contributed by atoms with E-state index in [0.29, 0.717) is 19.6 Å². The minimum atomic E-state index is -0.0302. The highest BCUT2D eigenvalue weighted by Crippen LogP contribution is 2.12. The standard InChI is InChI=1S/C19H20N2O3/c1-15-6-2-3-9-18(15)20-19(22)14-21(12-16-7-4-10-23-16)13-17-8-5-11-24-17/h2-11H,12-14H2,1H3,(H,20,22)/p+1. The van der Waals surface area contributed by atoms with Gasteiger partial charge in [0.1, 0.15) is 13.1 Å². The fourth-order valence-corrected chi connectivity index (χ4v) is 2.64. The third kappa shape index (κ3) is 4.36. The van der Waals surface area contributed by atoms with Crippen molar-refractivity contribution < 1.29 is 18.5 Å². The number of carbonyl (C=O) groups is 1. The molecule has 124 valence electrons. The first-order valence-electron chi connectivity index (χ1n) is 7.94. The zero-order valence-electron chi connectivity index (χ0n) is 13.6. The number of quaternary nitrogens is 1. The number of aryl methyl sites for hydroxylation is 1. The van der Waals surface area contributed by atoms with Crippen LogP contribution >= 0.6 is 0 Å². The van der Waals surface area contributed by atoms with E-state index in [1.165, 1.54) is 0 Å². The number of hydrogen-bond acceptors (Lipinski definition) is 3. The van der Waals surface area contributed by atoms with E-state index in [9.17, 15) is 4.79 Å². The molecule has 1 amide bonds. The van der Waals surface area contributed by atoms with Crippen molar-refractivity contribution in [1.29, 1.82) is 0 Å². The lowest BCUT2D eigenvalue weighted by Crippen LogP contribution is -3.10.